The summed E-state index contributed by atoms with van der Waals surface area (Å²) >= 11 is 0. The second-order valence-electron chi connectivity index (χ2n) is 6.34. The van der Waals surface area contributed by atoms with Crippen molar-refractivity contribution in [3.63, 3.8) is 0 Å². The van der Waals surface area contributed by atoms with Crippen LogP contribution in [0.4, 0.5) is 16.2 Å². The standard InChI is InChI=1S/C19H23N3O2/c1-21(2)10-11-22(3)17-7-4-14(5-8-17)15-6-9-18-16(12-15)13-24-19(23)20-18/h4-9,12H,10-11,13H2,1-3H3,(H,20,23). The van der Waals surface area contributed by atoms with Crippen molar-refractivity contribution < 1.29 is 9.53 Å². The highest BCUT2D eigenvalue weighted by atomic mass is 16.5. The molecule has 1 N–H and O–H groups in total. The zero-order chi connectivity index (χ0) is 17.1. The quantitative estimate of drug-likeness (QED) is 0.915. The van der Waals surface area contributed by atoms with E-state index in [4.69, 9.17) is 4.74 Å². The van der Waals surface area contributed by atoms with E-state index in [0.717, 1.165) is 35.5 Å². The first kappa shape index (κ1) is 16.3. The molecule has 0 fully saturated rings. The molecule has 0 radical (unpaired) electrons. The molecule has 1 amide bonds. The molecule has 2 aromatic carbocycles. The number of hydrogen-bond donors (Lipinski definition) is 1. The van der Waals surface area contributed by atoms with Gasteiger partial charge in [0.05, 0.1) is 5.69 Å². The predicted octanol–water partition coefficient (Wildman–Crippen LogP) is 3.41. The van der Waals surface area contributed by atoms with Crippen molar-refractivity contribution in [2.75, 3.05) is 44.4 Å². The summed E-state index contributed by atoms with van der Waals surface area (Å²) in [5, 5.41) is 2.71. The summed E-state index contributed by atoms with van der Waals surface area (Å²) in [6.45, 7) is 2.33. The third kappa shape index (κ3) is 3.68. The largest absolute Gasteiger partial charge is 0.444 e. The number of anilines is 2. The molecule has 2 aromatic rings. The van der Waals surface area contributed by atoms with E-state index in [1.807, 2.05) is 12.1 Å². The number of cyclic esters (lactones) is 1. The van der Waals surface area contributed by atoms with E-state index < -0.39 is 0 Å². The minimum atomic E-state index is -0.389. The molecule has 1 aliphatic heterocycles. The summed E-state index contributed by atoms with van der Waals surface area (Å²) in [5.74, 6) is 0. The third-order valence-corrected chi connectivity index (χ3v) is 4.22. The number of amides is 1. The van der Waals surface area contributed by atoms with E-state index >= 15 is 0 Å². The fourth-order valence-electron chi connectivity index (χ4n) is 2.69. The van der Waals surface area contributed by atoms with Crippen molar-refractivity contribution in [2.24, 2.45) is 0 Å². The number of nitrogens with zero attached hydrogens (tertiary/aromatic N) is 2. The molecule has 0 bridgehead atoms. The number of ether oxygens (including phenoxy) is 1. The summed E-state index contributed by atoms with van der Waals surface area (Å²) < 4.78 is 5.03. The Balaban J connectivity index is 1.75. The van der Waals surface area contributed by atoms with E-state index in [-0.39, 0.29) is 6.09 Å². The Morgan fingerprint density at radius 2 is 1.71 bits per heavy atom. The maximum absolute atomic E-state index is 11.2. The number of rotatable bonds is 5. The van der Waals surface area contributed by atoms with Gasteiger partial charge in [-0.3, -0.25) is 5.32 Å². The van der Waals surface area contributed by atoms with Gasteiger partial charge in [0.25, 0.3) is 0 Å². The van der Waals surface area contributed by atoms with Gasteiger partial charge in [-0.2, -0.15) is 0 Å². The van der Waals surface area contributed by atoms with Crippen LogP contribution in [0.3, 0.4) is 0 Å². The average Bonchev–Trinajstić information content (AvgIpc) is 2.59. The number of benzene rings is 2. The van der Waals surface area contributed by atoms with Crippen molar-refractivity contribution in [2.45, 2.75) is 6.61 Å². The van der Waals surface area contributed by atoms with Gasteiger partial charge >= 0.3 is 6.09 Å². The van der Waals surface area contributed by atoms with Gasteiger partial charge in [-0.15, -0.1) is 0 Å². The summed E-state index contributed by atoms with van der Waals surface area (Å²) in [6, 6.07) is 14.6. The molecule has 5 nitrogen and oxygen atoms in total. The monoisotopic (exact) mass is 325 g/mol. The first-order chi connectivity index (χ1) is 11.5. The highest BCUT2D eigenvalue weighted by Gasteiger charge is 2.16. The predicted molar refractivity (Wildman–Crippen MR) is 97.5 cm³/mol. The molecule has 3 rings (SSSR count). The van der Waals surface area contributed by atoms with Gasteiger partial charge in [-0.1, -0.05) is 18.2 Å². The van der Waals surface area contributed by atoms with Gasteiger partial charge < -0.3 is 14.5 Å². The molecule has 0 aromatic heterocycles. The van der Waals surface area contributed by atoms with Crippen LogP contribution >= 0.6 is 0 Å². The van der Waals surface area contributed by atoms with Crippen LogP contribution in [0.15, 0.2) is 42.5 Å². The first-order valence-electron chi connectivity index (χ1n) is 8.06. The van der Waals surface area contributed by atoms with Gasteiger partial charge in [0, 0.05) is 31.4 Å². The van der Waals surface area contributed by atoms with E-state index in [2.05, 4.69) is 66.6 Å². The minimum absolute atomic E-state index is 0.320. The summed E-state index contributed by atoms with van der Waals surface area (Å²) in [6.07, 6.45) is -0.389. The molecule has 0 aliphatic carbocycles. The van der Waals surface area contributed by atoms with Crippen molar-refractivity contribution >= 4 is 17.5 Å². The highest BCUT2D eigenvalue weighted by Crippen LogP contribution is 2.29. The lowest BCUT2D eigenvalue weighted by molar-refractivity contribution is 0.151. The van der Waals surface area contributed by atoms with Crippen LogP contribution in [0, 0.1) is 0 Å². The third-order valence-electron chi connectivity index (χ3n) is 4.22. The Bertz CT molecular complexity index is 726. The number of carbonyl (C=O) groups is 1. The highest BCUT2D eigenvalue weighted by molar-refractivity contribution is 5.88. The topological polar surface area (TPSA) is 44.8 Å². The van der Waals surface area contributed by atoms with Crippen molar-refractivity contribution in [3.05, 3.63) is 48.0 Å². The first-order valence-corrected chi connectivity index (χ1v) is 8.06. The smallest absolute Gasteiger partial charge is 0.411 e. The molecule has 24 heavy (non-hydrogen) atoms. The van der Waals surface area contributed by atoms with E-state index in [0.29, 0.717) is 6.61 Å². The van der Waals surface area contributed by atoms with Crippen LogP contribution in [-0.4, -0.2) is 45.2 Å². The Morgan fingerprint density at radius 1 is 1.00 bits per heavy atom. The molecule has 5 heteroatoms. The zero-order valence-corrected chi connectivity index (χ0v) is 14.4. The van der Waals surface area contributed by atoms with Crippen LogP contribution < -0.4 is 10.2 Å². The SMILES string of the molecule is CN(C)CCN(C)c1ccc(-c2ccc3c(c2)COC(=O)N3)cc1. The minimum Gasteiger partial charge on any atom is -0.444 e. The average molecular weight is 325 g/mol. The van der Waals surface area contributed by atoms with Crippen LogP contribution in [0.5, 0.6) is 0 Å². The Kier molecular flexibility index (Phi) is 4.71. The van der Waals surface area contributed by atoms with Crippen LogP contribution in [0.2, 0.25) is 0 Å². The number of fused-ring (bicyclic) bond motifs is 1. The second-order valence-corrected chi connectivity index (χ2v) is 6.34. The lowest BCUT2D eigenvalue weighted by Gasteiger charge is -2.22. The molecular formula is C19H23N3O2. The zero-order valence-electron chi connectivity index (χ0n) is 14.4. The molecule has 0 spiro atoms. The van der Waals surface area contributed by atoms with Gasteiger partial charge in [0.1, 0.15) is 6.61 Å². The number of likely N-dealkylation sites (N-methyl/N-ethyl adjacent to an activating group) is 2. The summed E-state index contributed by atoms with van der Waals surface area (Å²) in [5.41, 5.74) is 5.30. The lowest BCUT2D eigenvalue weighted by Crippen LogP contribution is -2.28. The lowest BCUT2D eigenvalue weighted by atomic mass is 10.0. The van der Waals surface area contributed by atoms with Crippen molar-refractivity contribution in [3.8, 4) is 11.1 Å². The summed E-state index contributed by atoms with van der Waals surface area (Å²) in [7, 11) is 6.27. The number of carbonyl (C=O) groups excluding carboxylic acids is 1. The molecule has 1 aliphatic rings. The van der Waals surface area contributed by atoms with Crippen molar-refractivity contribution in [1.29, 1.82) is 0 Å². The van der Waals surface area contributed by atoms with Crippen molar-refractivity contribution in [1.82, 2.24) is 4.90 Å². The molecule has 0 saturated heterocycles. The fourth-order valence-corrected chi connectivity index (χ4v) is 2.69. The molecule has 0 atom stereocenters. The maximum Gasteiger partial charge on any atom is 0.411 e. The van der Waals surface area contributed by atoms with E-state index in [9.17, 15) is 4.79 Å². The Hall–Kier alpha value is -2.53. The van der Waals surface area contributed by atoms with Crippen LogP contribution in [0.25, 0.3) is 11.1 Å². The Morgan fingerprint density at radius 3 is 2.42 bits per heavy atom. The van der Waals surface area contributed by atoms with Crippen LogP contribution in [0.1, 0.15) is 5.56 Å². The van der Waals surface area contributed by atoms with E-state index in [1.54, 1.807) is 0 Å². The van der Waals surface area contributed by atoms with Gasteiger partial charge in [-0.05, 0) is 49.5 Å². The number of hydrogen-bond acceptors (Lipinski definition) is 4. The van der Waals surface area contributed by atoms with Gasteiger partial charge in [0.15, 0.2) is 0 Å². The molecule has 0 unspecified atom stereocenters. The molecular weight excluding hydrogens is 302 g/mol. The molecule has 1 heterocycles. The van der Waals surface area contributed by atoms with Crippen LogP contribution in [-0.2, 0) is 11.3 Å². The molecule has 126 valence electrons. The molecule has 0 saturated carbocycles. The maximum atomic E-state index is 11.2. The fraction of sp³-hybridized carbons (Fsp3) is 0.316. The van der Waals surface area contributed by atoms with Gasteiger partial charge in [0.2, 0.25) is 0 Å². The Labute approximate surface area is 142 Å². The van der Waals surface area contributed by atoms with Gasteiger partial charge in [-0.25, -0.2) is 4.79 Å². The normalized spacial score (nSPS) is 13.2. The van der Waals surface area contributed by atoms with E-state index in [1.165, 1.54) is 5.69 Å². The second kappa shape index (κ2) is 6.93. The number of nitrogens with one attached hydrogen (secondary N) is 1. The summed E-state index contributed by atoms with van der Waals surface area (Å²) in [4.78, 5) is 15.7.